The van der Waals surface area contributed by atoms with Gasteiger partial charge in [0.25, 0.3) is 0 Å². The van der Waals surface area contributed by atoms with Crippen molar-refractivity contribution in [1.82, 2.24) is 4.90 Å². The molecule has 1 heterocycles. The van der Waals surface area contributed by atoms with Crippen molar-refractivity contribution in [2.75, 3.05) is 6.54 Å². The van der Waals surface area contributed by atoms with Crippen molar-refractivity contribution in [3.63, 3.8) is 0 Å². The first-order valence-electron chi connectivity index (χ1n) is 6.46. The van der Waals surface area contributed by atoms with Crippen molar-refractivity contribution in [1.29, 1.82) is 0 Å². The van der Waals surface area contributed by atoms with Gasteiger partial charge in [-0.3, -0.25) is 4.90 Å². The third kappa shape index (κ3) is 2.83. The molecule has 0 aliphatic carbocycles. The second-order valence-electron chi connectivity index (χ2n) is 5.19. The zero-order chi connectivity index (χ0) is 13.3. The number of rotatable bonds is 2. The van der Waals surface area contributed by atoms with E-state index in [4.69, 9.17) is 28.9 Å². The Morgan fingerprint density at radius 1 is 1.39 bits per heavy atom. The van der Waals surface area contributed by atoms with Crippen LogP contribution < -0.4 is 5.73 Å². The summed E-state index contributed by atoms with van der Waals surface area (Å²) >= 11 is 12.4. The number of piperidine rings is 1. The van der Waals surface area contributed by atoms with E-state index in [1.54, 1.807) is 0 Å². The fraction of sp³-hybridized carbons (Fsp3) is 0.571. The van der Waals surface area contributed by atoms with E-state index in [1.807, 2.05) is 12.1 Å². The van der Waals surface area contributed by atoms with E-state index >= 15 is 0 Å². The molecule has 2 rings (SSSR count). The Labute approximate surface area is 119 Å². The molecule has 1 aromatic carbocycles. The third-order valence-electron chi connectivity index (χ3n) is 3.90. The molecule has 1 fully saturated rings. The number of hydrogen-bond acceptors (Lipinski definition) is 2. The molecule has 100 valence electrons. The number of halogens is 2. The molecule has 18 heavy (non-hydrogen) atoms. The van der Waals surface area contributed by atoms with Crippen LogP contribution in [0, 0.1) is 0 Å². The SMILES string of the molecule is CC1CC(N)CCN1C(C)c1cccc(Cl)c1Cl. The Kier molecular flexibility index (Phi) is 4.54. The van der Waals surface area contributed by atoms with Gasteiger partial charge in [-0.25, -0.2) is 0 Å². The van der Waals surface area contributed by atoms with Crippen LogP contribution in [-0.4, -0.2) is 23.5 Å². The Morgan fingerprint density at radius 3 is 2.78 bits per heavy atom. The quantitative estimate of drug-likeness (QED) is 0.894. The van der Waals surface area contributed by atoms with E-state index in [0.717, 1.165) is 24.9 Å². The lowest BCUT2D eigenvalue weighted by Crippen LogP contribution is -2.46. The maximum Gasteiger partial charge on any atom is 0.0640 e. The molecule has 4 heteroatoms. The number of hydrogen-bond donors (Lipinski definition) is 1. The average molecular weight is 287 g/mol. The second-order valence-corrected chi connectivity index (χ2v) is 5.98. The smallest absolute Gasteiger partial charge is 0.0640 e. The lowest BCUT2D eigenvalue weighted by Gasteiger charge is -2.40. The highest BCUT2D eigenvalue weighted by molar-refractivity contribution is 6.42. The van der Waals surface area contributed by atoms with E-state index in [1.165, 1.54) is 0 Å². The molecule has 0 amide bonds. The predicted molar refractivity (Wildman–Crippen MR) is 78.3 cm³/mol. The van der Waals surface area contributed by atoms with Gasteiger partial charge in [-0.15, -0.1) is 0 Å². The summed E-state index contributed by atoms with van der Waals surface area (Å²) in [6.45, 7) is 5.44. The zero-order valence-corrected chi connectivity index (χ0v) is 12.4. The molecule has 3 atom stereocenters. The molecule has 1 aliphatic rings. The maximum atomic E-state index is 6.30. The fourth-order valence-electron chi connectivity index (χ4n) is 2.82. The van der Waals surface area contributed by atoms with Gasteiger partial charge in [0.05, 0.1) is 10.0 Å². The van der Waals surface area contributed by atoms with Crippen LogP contribution >= 0.6 is 23.2 Å². The molecule has 1 saturated heterocycles. The summed E-state index contributed by atoms with van der Waals surface area (Å²) in [6.07, 6.45) is 2.09. The second kappa shape index (κ2) is 5.79. The molecule has 0 spiro atoms. The van der Waals surface area contributed by atoms with Crippen LogP contribution in [0.5, 0.6) is 0 Å². The Morgan fingerprint density at radius 2 is 2.11 bits per heavy atom. The van der Waals surface area contributed by atoms with Crippen LogP contribution in [0.25, 0.3) is 0 Å². The van der Waals surface area contributed by atoms with Crippen molar-refractivity contribution in [2.24, 2.45) is 5.73 Å². The fourth-order valence-corrected chi connectivity index (χ4v) is 3.29. The Hall–Kier alpha value is -0.280. The summed E-state index contributed by atoms with van der Waals surface area (Å²) < 4.78 is 0. The first-order valence-corrected chi connectivity index (χ1v) is 7.21. The van der Waals surface area contributed by atoms with Gasteiger partial charge in [0.1, 0.15) is 0 Å². The molecule has 1 aliphatic heterocycles. The standard InChI is InChI=1S/C14H20Cl2N2/c1-9-8-11(17)6-7-18(9)10(2)12-4-3-5-13(15)14(12)16/h3-5,9-11H,6-8,17H2,1-2H3. The monoisotopic (exact) mass is 286 g/mol. The van der Waals surface area contributed by atoms with Gasteiger partial charge in [-0.1, -0.05) is 35.3 Å². The average Bonchev–Trinajstić information content (AvgIpc) is 2.32. The van der Waals surface area contributed by atoms with E-state index in [2.05, 4.69) is 24.8 Å². The minimum atomic E-state index is 0.277. The Bertz CT molecular complexity index is 422. The van der Waals surface area contributed by atoms with Crippen LogP contribution in [0.2, 0.25) is 10.0 Å². The number of likely N-dealkylation sites (tertiary alicyclic amines) is 1. The molecule has 0 radical (unpaired) electrons. The minimum Gasteiger partial charge on any atom is -0.328 e. The van der Waals surface area contributed by atoms with Gasteiger partial charge >= 0.3 is 0 Å². The van der Waals surface area contributed by atoms with Crippen LogP contribution in [0.1, 0.15) is 38.3 Å². The van der Waals surface area contributed by atoms with Gasteiger partial charge in [0, 0.05) is 24.7 Å². The van der Waals surface area contributed by atoms with Crippen molar-refractivity contribution >= 4 is 23.2 Å². The highest BCUT2D eigenvalue weighted by Crippen LogP contribution is 2.35. The van der Waals surface area contributed by atoms with Gasteiger partial charge in [-0.05, 0) is 38.3 Å². The summed E-state index contributed by atoms with van der Waals surface area (Å²) in [6, 6.07) is 6.94. The molecular weight excluding hydrogens is 267 g/mol. The van der Waals surface area contributed by atoms with Gasteiger partial charge in [-0.2, -0.15) is 0 Å². The summed E-state index contributed by atoms with van der Waals surface area (Å²) in [5.41, 5.74) is 7.11. The number of nitrogens with zero attached hydrogens (tertiary/aromatic N) is 1. The van der Waals surface area contributed by atoms with Gasteiger partial charge in [0.2, 0.25) is 0 Å². The molecular formula is C14H20Cl2N2. The maximum absolute atomic E-state index is 6.30. The lowest BCUT2D eigenvalue weighted by atomic mass is 9.95. The lowest BCUT2D eigenvalue weighted by molar-refractivity contribution is 0.104. The number of nitrogens with two attached hydrogens (primary N) is 1. The zero-order valence-electron chi connectivity index (χ0n) is 10.9. The summed E-state index contributed by atoms with van der Waals surface area (Å²) in [4.78, 5) is 2.46. The molecule has 0 bridgehead atoms. The van der Waals surface area contributed by atoms with Crippen molar-refractivity contribution in [3.8, 4) is 0 Å². The summed E-state index contributed by atoms with van der Waals surface area (Å²) in [5.74, 6) is 0. The van der Waals surface area contributed by atoms with Crippen LogP contribution in [0.3, 0.4) is 0 Å². The van der Waals surface area contributed by atoms with Crippen molar-refractivity contribution < 1.29 is 0 Å². The number of benzene rings is 1. The van der Waals surface area contributed by atoms with E-state index < -0.39 is 0 Å². The van der Waals surface area contributed by atoms with Crippen LogP contribution in [0.4, 0.5) is 0 Å². The van der Waals surface area contributed by atoms with Crippen molar-refractivity contribution in [2.45, 2.75) is 44.8 Å². The molecule has 1 aromatic rings. The highest BCUT2D eigenvalue weighted by Gasteiger charge is 2.28. The first-order chi connectivity index (χ1) is 8.50. The molecule has 0 aromatic heterocycles. The molecule has 2 N–H and O–H groups in total. The van der Waals surface area contributed by atoms with Crippen LogP contribution in [0.15, 0.2) is 18.2 Å². The molecule has 0 saturated carbocycles. The van der Waals surface area contributed by atoms with Gasteiger partial charge in [0.15, 0.2) is 0 Å². The summed E-state index contributed by atoms with van der Waals surface area (Å²) in [5, 5.41) is 1.30. The Balaban J connectivity index is 2.20. The largest absolute Gasteiger partial charge is 0.328 e. The van der Waals surface area contributed by atoms with Crippen molar-refractivity contribution in [3.05, 3.63) is 33.8 Å². The first kappa shape index (κ1) is 14.1. The topological polar surface area (TPSA) is 29.3 Å². The summed E-state index contributed by atoms with van der Waals surface area (Å²) in [7, 11) is 0. The normalized spacial score (nSPS) is 27.2. The minimum absolute atomic E-state index is 0.277. The highest BCUT2D eigenvalue weighted by atomic mass is 35.5. The van der Waals surface area contributed by atoms with Gasteiger partial charge < -0.3 is 5.73 Å². The third-order valence-corrected chi connectivity index (χ3v) is 4.73. The molecule has 3 unspecified atom stereocenters. The van der Waals surface area contributed by atoms with E-state index in [0.29, 0.717) is 22.1 Å². The predicted octanol–water partition coefficient (Wildman–Crippen LogP) is 3.87. The van der Waals surface area contributed by atoms with E-state index in [9.17, 15) is 0 Å². The molecule has 2 nitrogen and oxygen atoms in total. The van der Waals surface area contributed by atoms with Crippen LogP contribution in [-0.2, 0) is 0 Å². The van der Waals surface area contributed by atoms with E-state index in [-0.39, 0.29) is 6.04 Å².